The summed E-state index contributed by atoms with van der Waals surface area (Å²) in [5.74, 6) is 2.96. The van der Waals surface area contributed by atoms with Crippen molar-refractivity contribution in [1.82, 2.24) is 14.9 Å². The van der Waals surface area contributed by atoms with E-state index in [0.717, 1.165) is 76.4 Å². The van der Waals surface area contributed by atoms with Gasteiger partial charge in [-0.05, 0) is 31.9 Å². The normalized spacial score (nSPS) is 18.5. The quantitative estimate of drug-likeness (QED) is 0.766. The van der Waals surface area contributed by atoms with E-state index in [4.69, 9.17) is 9.72 Å². The van der Waals surface area contributed by atoms with Crippen molar-refractivity contribution in [2.45, 2.75) is 19.8 Å². The summed E-state index contributed by atoms with van der Waals surface area (Å²) in [6, 6.07) is 12.9. The van der Waals surface area contributed by atoms with Crippen LogP contribution < -0.4 is 9.80 Å². The van der Waals surface area contributed by atoms with Gasteiger partial charge in [-0.15, -0.1) is 0 Å². The smallest absolute Gasteiger partial charge is 0.134 e. The monoisotopic (exact) mass is 381 g/mol. The molecular formula is C22H31N5O. The lowest BCUT2D eigenvalue weighted by Crippen LogP contribution is -2.47. The number of anilines is 2. The van der Waals surface area contributed by atoms with Crippen LogP contribution in [-0.4, -0.2) is 73.9 Å². The molecule has 2 fully saturated rings. The molecular weight excluding hydrogens is 350 g/mol. The molecule has 0 amide bonds. The first-order valence-electron chi connectivity index (χ1n) is 10.5. The van der Waals surface area contributed by atoms with Crippen molar-refractivity contribution >= 4 is 11.6 Å². The van der Waals surface area contributed by atoms with E-state index in [9.17, 15) is 0 Å². The van der Waals surface area contributed by atoms with E-state index in [2.05, 4.69) is 56.1 Å². The third-order valence-corrected chi connectivity index (χ3v) is 5.62. The van der Waals surface area contributed by atoms with E-state index in [1.807, 2.05) is 6.92 Å². The molecule has 2 aliphatic rings. The lowest BCUT2D eigenvalue weighted by Gasteiger charge is -2.36. The van der Waals surface area contributed by atoms with E-state index in [0.29, 0.717) is 0 Å². The Morgan fingerprint density at radius 1 is 0.857 bits per heavy atom. The fourth-order valence-electron chi connectivity index (χ4n) is 4.01. The van der Waals surface area contributed by atoms with Crippen LogP contribution in [0.5, 0.6) is 0 Å². The van der Waals surface area contributed by atoms with Gasteiger partial charge in [-0.3, -0.25) is 4.90 Å². The standard InChI is InChI=1S/C22H31N5O/c1-19-23-21(18-22(24-19)27-14-16-28-17-15-27)26-12-10-25(11-13-26)9-5-8-20-6-3-2-4-7-20/h2-4,6-7,18H,5,8-17H2,1H3. The molecule has 0 atom stereocenters. The number of hydrogen-bond donors (Lipinski definition) is 0. The summed E-state index contributed by atoms with van der Waals surface area (Å²) in [4.78, 5) is 16.7. The Morgan fingerprint density at radius 3 is 2.18 bits per heavy atom. The first-order valence-corrected chi connectivity index (χ1v) is 10.5. The van der Waals surface area contributed by atoms with Gasteiger partial charge in [0.2, 0.25) is 0 Å². The summed E-state index contributed by atoms with van der Waals surface area (Å²) in [6.45, 7) is 10.8. The summed E-state index contributed by atoms with van der Waals surface area (Å²) in [7, 11) is 0. The Hall–Kier alpha value is -2.18. The second kappa shape index (κ2) is 9.34. The van der Waals surface area contributed by atoms with Gasteiger partial charge in [0.05, 0.1) is 13.2 Å². The zero-order chi connectivity index (χ0) is 19.2. The van der Waals surface area contributed by atoms with Crippen molar-refractivity contribution in [2.24, 2.45) is 0 Å². The van der Waals surface area contributed by atoms with Crippen LogP contribution >= 0.6 is 0 Å². The van der Waals surface area contributed by atoms with Gasteiger partial charge < -0.3 is 14.5 Å². The molecule has 4 rings (SSSR count). The summed E-state index contributed by atoms with van der Waals surface area (Å²) < 4.78 is 5.47. The molecule has 0 N–H and O–H groups in total. The van der Waals surface area contributed by atoms with Gasteiger partial charge in [0.25, 0.3) is 0 Å². The molecule has 0 radical (unpaired) electrons. The summed E-state index contributed by atoms with van der Waals surface area (Å²) in [5, 5.41) is 0. The highest BCUT2D eigenvalue weighted by Crippen LogP contribution is 2.21. The van der Waals surface area contributed by atoms with Crippen molar-refractivity contribution in [1.29, 1.82) is 0 Å². The number of rotatable bonds is 6. The molecule has 2 aromatic rings. The van der Waals surface area contributed by atoms with E-state index >= 15 is 0 Å². The Balaban J connectivity index is 1.29. The molecule has 1 aromatic heterocycles. The topological polar surface area (TPSA) is 44.7 Å². The van der Waals surface area contributed by atoms with Gasteiger partial charge in [0.1, 0.15) is 17.5 Å². The molecule has 0 bridgehead atoms. The first-order chi connectivity index (χ1) is 13.8. The molecule has 0 spiro atoms. The van der Waals surface area contributed by atoms with E-state index < -0.39 is 0 Å². The third-order valence-electron chi connectivity index (χ3n) is 5.62. The van der Waals surface area contributed by atoms with Gasteiger partial charge in [-0.2, -0.15) is 0 Å². The molecule has 150 valence electrons. The van der Waals surface area contributed by atoms with Crippen molar-refractivity contribution in [2.75, 3.05) is 68.8 Å². The molecule has 0 unspecified atom stereocenters. The van der Waals surface area contributed by atoms with Gasteiger partial charge in [0, 0.05) is 45.3 Å². The molecule has 3 heterocycles. The fourth-order valence-corrected chi connectivity index (χ4v) is 4.01. The molecule has 2 saturated heterocycles. The lowest BCUT2D eigenvalue weighted by molar-refractivity contribution is 0.122. The molecule has 0 saturated carbocycles. The minimum absolute atomic E-state index is 0.778. The van der Waals surface area contributed by atoms with Gasteiger partial charge >= 0.3 is 0 Å². The number of piperazine rings is 1. The van der Waals surface area contributed by atoms with Crippen molar-refractivity contribution in [3.8, 4) is 0 Å². The minimum atomic E-state index is 0.778. The van der Waals surface area contributed by atoms with Crippen LogP contribution in [0.1, 0.15) is 17.8 Å². The SMILES string of the molecule is Cc1nc(N2CCOCC2)cc(N2CCN(CCCc3ccccc3)CC2)n1. The maximum absolute atomic E-state index is 5.47. The third kappa shape index (κ3) is 5.00. The van der Waals surface area contributed by atoms with E-state index in [1.54, 1.807) is 0 Å². The average Bonchev–Trinajstić information content (AvgIpc) is 2.75. The van der Waals surface area contributed by atoms with Gasteiger partial charge in [-0.25, -0.2) is 9.97 Å². The second-order valence-electron chi connectivity index (χ2n) is 7.65. The van der Waals surface area contributed by atoms with Crippen LogP contribution in [0.4, 0.5) is 11.6 Å². The highest BCUT2D eigenvalue weighted by atomic mass is 16.5. The highest BCUT2D eigenvalue weighted by molar-refractivity contribution is 5.51. The van der Waals surface area contributed by atoms with Crippen molar-refractivity contribution < 1.29 is 4.74 Å². The van der Waals surface area contributed by atoms with E-state index in [-0.39, 0.29) is 0 Å². The van der Waals surface area contributed by atoms with Gasteiger partial charge in [-0.1, -0.05) is 30.3 Å². The van der Waals surface area contributed by atoms with Crippen LogP contribution in [0.3, 0.4) is 0 Å². The fraction of sp³-hybridized carbons (Fsp3) is 0.545. The molecule has 6 heteroatoms. The molecule has 2 aliphatic heterocycles. The predicted molar refractivity (Wildman–Crippen MR) is 113 cm³/mol. The summed E-state index contributed by atoms with van der Waals surface area (Å²) >= 11 is 0. The van der Waals surface area contributed by atoms with Crippen LogP contribution in [0.2, 0.25) is 0 Å². The van der Waals surface area contributed by atoms with Crippen molar-refractivity contribution in [3.05, 3.63) is 47.8 Å². The second-order valence-corrected chi connectivity index (χ2v) is 7.65. The summed E-state index contributed by atoms with van der Waals surface area (Å²) in [5.41, 5.74) is 1.44. The lowest BCUT2D eigenvalue weighted by atomic mass is 10.1. The van der Waals surface area contributed by atoms with Crippen molar-refractivity contribution in [3.63, 3.8) is 0 Å². The maximum atomic E-state index is 5.47. The Bertz CT molecular complexity index is 740. The van der Waals surface area contributed by atoms with E-state index in [1.165, 1.54) is 18.5 Å². The predicted octanol–water partition coefficient (Wildman–Crippen LogP) is 2.38. The molecule has 6 nitrogen and oxygen atoms in total. The average molecular weight is 382 g/mol. The number of aromatic nitrogens is 2. The molecule has 0 aliphatic carbocycles. The number of morpholine rings is 1. The highest BCUT2D eigenvalue weighted by Gasteiger charge is 2.20. The number of ether oxygens (including phenoxy) is 1. The Morgan fingerprint density at radius 2 is 1.50 bits per heavy atom. The van der Waals surface area contributed by atoms with Crippen LogP contribution in [0.15, 0.2) is 36.4 Å². The Kier molecular flexibility index (Phi) is 6.39. The number of nitrogens with zero attached hydrogens (tertiary/aromatic N) is 5. The Labute approximate surface area is 168 Å². The van der Waals surface area contributed by atoms with Gasteiger partial charge in [0.15, 0.2) is 0 Å². The molecule has 1 aromatic carbocycles. The zero-order valence-corrected chi connectivity index (χ0v) is 16.9. The summed E-state index contributed by atoms with van der Waals surface area (Å²) in [6.07, 6.45) is 2.38. The number of aryl methyl sites for hydroxylation is 2. The number of hydrogen-bond acceptors (Lipinski definition) is 6. The van der Waals surface area contributed by atoms with Crippen LogP contribution in [0, 0.1) is 6.92 Å². The van der Waals surface area contributed by atoms with Crippen LogP contribution in [0.25, 0.3) is 0 Å². The number of benzene rings is 1. The maximum Gasteiger partial charge on any atom is 0.134 e. The zero-order valence-electron chi connectivity index (χ0n) is 16.9. The largest absolute Gasteiger partial charge is 0.378 e. The minimum Gasteiger partial charge on any atom is -0.378 e. The first kappa shape index (κ1) is 19.2. The van der Waals surface area contributed by atoms with Crippen LogP contribution in [-0.2, 0) is 11.2 Å². The molecule has 28 heavy (non-hydrogen) atoms.